The van der Waals surface area contributed by atoms with Gasteiger partial charge in [-0.3, -0.25) is 4.79 Å². The van der Waals surface area contributed by atoms with Crippen LogP contribution in [0.4, 0.5) is 5.69 Å². The maximum absolute atomic E-state index is 11.5. The number of aromatic amines is 1. The molecular weight excluding hydrogens is 436 g/mol. The minimum absolute atomic E-state index is 0.159. The molecule has 0 aliphatic heterocycles. The van der Waals surface area contributed by atoms with E-state index in [0.29, 0.717) is 6.42 Å². The molecule has 0 amide bonds. The number of hydrogen-bond donors (Lipinski definition) is 1. The highest BCUT2D eigenvalue weighted by Gasteiger charge is 2.23. The van der Waals surface area contributed by atoms with Gasteiger partial charge in [-0.2, -0.15) is 0 Å². The van der Waals surface area contributed by atoms with Crippen molar-refractivity contribution in [3.05, 3.63) is 77.4 Å². The molecule has 0 spiro atoms. The maximum Gasteiger partial charge on any atom is 0.305 e. The zero-order valence-corrected chi connectivity index (χ0v) is 21.5. The van der Waals surface area contributed by atoms with Gasteiger partial charge in [-0.15, -0.1) is 0 Å². The molecule has 1 heterocycles. The normalized spacial score (nSPS) is 17.4. The highest BCUT2D eigenvalue weighted by atomic mass is 16.5. The van der Waals surface area contributed by atoms with Crippen molar-refractivity contribution in [2.45, 2.75) is 38.0 Å². The molecule has 0 fully saturated rings. The Morgan fingerprint density at radius 3 is 2.43 bits per heavy atom. The van der Waals surface area contributed by atoms with Gasteiger partial charge < -0.3 is 19.5 Å². The quantitative estimate of drug-likeness (QED) is 0.500. The van der Waals surface area contributed by atoms with Crippen molar-refractivity contribution in [3.8, 4) is 11.3 Å². The molecule has 4 rings (SSSR count). The van der Waals surface area contributed by atoms with E-state index in [1.807, 2.05) is 0 Å². The topological polar surface area (TPSA) is 61.5 Å². The smallest absolute Gasteiger partial charge is 0.305 e. The molecule has 1 aromatic carbocycles. The Kier molecular flexibility index (Phi) is 7.59. The van der Waals surface area contributed by atoms with Crippen LogP contribution in [-0.2, 0) is 9.53 Å². The molecule has 0 bridgehead atoms. The van der Waals surface area contributed by atoms with E-state index in [1.54, 1.807) is 0 Å². The molecule has 1 unspecified atom stereocenters. The second-order valence-electron chi connectivity index (χ2n) is 9.61. The third kappa shape index (κ3) is 5.76. The number of nitrogens with zero attached hydrogens (tertiary/aromatic N) is 3. The Bertz CT molecular complexity index is 1180. The molecule has 0 radical (unpaired) electrons. The van der Waals surface area contributed by atoms with Crippen LogP contribution in [0.3, 0.4) is 0 Å². The molecule has 6 heteroatoms. The molecule has 0 saturated carbocycles. The number of methoxy groups -OCH3 is 1. The zero-order chi connectivity index (χ0) is 24.9. The van der Waals surface area contributed by atoms with Crippen molar-refractivity contribution >= 4 is 17.2 Å². The Hall–Kier alpha value is -3.54. The first-order chi connectivity index (χ1) is 16.9. The standard InChI is InChI=1S/C29H36N4O2/c1-32(2)24-15-11-21(12-16-24)27-28(22-13-17-25(18-14-22)33(3)4)31-29(30-27)23-9-6-20(7-10-23)8-19-26(34)35-5/h6,9,11-13,15-18,22H,7-8,10,14,19H2,1-5H3,(H,30,31). The number of benzene rings is 1. The van der Waals surface area contributed by atoms with Gasteiger partial charge in [0.15, 0.2) is 0 Å². The number of H-pyrrole nitrogens is 1. The van der Waals surface area contributed by atoms with Crippen LogP contribution < -0.4 is 4.90 Å². The summed E-state index contributed by atoms with van der Waals surface area (Å²) in [6.07, 6.45) is 15.0. The summed E-state index contributed by atoms with van der Waals surface area (Å²) in [4.78, 5) is 24.5. The minimum atomic E-state index is -0.159. The summed E-state index contributed by atoms with van der Waals surface area (Å²) in [6, 6.07) is 8.60. The Morgan fingerprint density at radius 2 is 1.86 bits per heavy atom. The van der Waals surface area contributed by atoms with Crippen molar-refractivity contribution in [2.24, 2.45) is 0 Å². The van der Waals surface area contributed by atoms with Crippen molar-refractivity contribution in [1.82, 2.24) is 14.9 Å². The van der Waals surface area contributed by atoms with Crippen molar-refractivity contribution < 1.29 is 9.53 Å². The van der Waals surface area contributed by atoms with Crippen LogP contribution in [0.1, 0.15) is 49.5 Å². The molecule has 2 aliphatic carbocycles. The molecular formula is C29H36N4O2. The van der Waals surface area contributed by atoms with Gasteiger partial charge in [0.25, 0.3) is 0 Å². The predicted octanol–water partition coefficient (Wildman–Crippen LogP) is 5.69. The van der Waals surface area contributed by atoms with Crippen molar-refractivity contribution in [1.29, 1.82) is 0 Å². The van der Waals surface area contributed by atoms with Gasteiger partial charge in [0.2, 0.25) is 0 Å². The lowest BCUT2D eigenvalue weighted by Gasteiger charge is -2.21. The van der Waals surface area contributed by atoms with E-state index in [0.717, 1.165) is 48.5 Å². The van der Waals surface area contributed by atoms with Crippen LogP contribution in [0.25, 0.3) is 16.8 Å². The van der Waals surface area contributed by atoms with Gasteiger partial charge in [-0.05, 0) is 49.5 Å². The van der Waals surface area contributed by atoms with Gasteiger partial charge in [-0.1, -0.05) is 42.0 Å². The van der Waals surface area contributed by atoms with Gasteiger partial charge in [0.1, 0.15) is 5.82 Å². The lowest BCUT2D eigenvalue weighted by molar-refractivity contribution is -0.140. The van der Waals surface area contributed by atoms with Crippen LogP contribution in [0.2, 0.25) is 0 Å². The Labute approximate surface area is 208 Å². The number of ether oxygens (including phenoxy) is 1. The van der Waals surface area contributed by atoms with E-state index in [4.69, 9.17) is 9.72 Å². The number of likely N-dealkylation sites (N-methyl/N-ethyl adjacent to an activating group) is 1. The Morgan fingerprint density at radius 1 is 1.09 bits per heavy atom. The maximum atomic E-state index is 11.5. The predicted molar refractivity (Wildman–Crippen MR) is 143 cm³/mol. The number of rotatable bonds is 8. The van der Waals surface area contributed by atoms with Gasteiger partial charge in [0, 0.05) is 57.5 Å². The second-order valence-corrected chi connectivity index (χ2v) is 9.61. The van der Waals surface area contributed by atoms with Crippen LogP contribution in [0.5, 0.6) is 0 Å². The number of aromatic nitrogens is 2. The monoisotopic (exact) mass is 472 g/mol. The zero-order valence-electron chi connectivity index (χ0n) is 21.5. The van der Waals surface area contributed by atoms with Gasteiger partial charge in [0.05, 0.1) is 18.5 Å². The number of carbonyl (C=O) groups excluding carboxylic acids is 1. The molecule has 35 heavy (non-hydrogen) atoms. The fourth-order valence-corrected chi connectivity index (χ4v) is 4.55. The number of allylic oxidation sites excluding steroid dienone is 7. The van der Waals surface area contributed by atoms with Crippen LogP contribution in [0.15, 0.2) is 65.9 Å². The lowest BCUT2D eigenvalue weighted by atomic mass is 9.92. The number of esters is 1. The van der Waals surface area contributed by atoms with Gasteiger partial charge in [-0.25, -0.2) is 4.98 Å². The molecule has 2 aliphatic rings. The van der Waals surface area contributed by atoms with E-state index in [2.05, 4.69) is 97.6 Å². The first kappa shape index (κ1) is 24.6. The summed E-state index contributed by atoms with van der Waals surface area (Å²) in [7, 11) is 9.69. The first-order valence-electron chi connectivity index (χ1n) is 12.2. The summed E-state index contributed by atoms with van der Waals surface area (Å²) in [5.74, 6) is 1.03. The summed E-state index contributed by atoms with van der Waals surface area (Å²) < 4.78 is 4.78. The minimum Gasteiger partial charge on any atom is -0.469 e. The summed E-state index contributed by atoms with van der Waals surface area (Å²) in [6.45, 7) is 0. The fourth-order valence-electron chi connectivity index (χ4n) is 4.55. The molecule has 0 saturated heterocycles. The van der Waals surface area contributed by atoms with E-state index in [1.165, 1.54) is 29.6 Å². The van der Waals surface area contributed by atoms with Crippen LogP contribution in [-0.4, -0.2) is 56.1 Å². The molecule has 1 aromatic heterocycles. The molecule has 1 N–H and O–H groups in total. The number of nitrogens with one attached hydrogen (secondary N) is 1. The third-order valence-electron chi connectivity index (χ3n) is 6.77. The molecule has 184 valence electrons. The highest BCUT2D eigenvalue weighted by Crippen LogP contribution is 2.36. The molecule has 6 nitrogen and oxygen atoms in total. The van der Waals surface area contributed by atoms with E-state index < -0.39 is 0 Å². The number of anilines is 1. The van der Waals surface area contributed by atoms with Gasteiger partial charge >= 0.3 is 5.97 Å². The van der Waals surface area contributed by atoms with Crippen LogP contribution >= 0.6 is 0 Å². The number of hydrogen-bond acceptors (Lipinski definition) is 5. The number of imidazole rings is 1. The van der Waals surface area contributed by atoms with E-state index in [-0.39, 0.29) is 11.9 Å². The number of carbonyl (C=O) groups is 1. The average molecular weight is 473 g/mol. The fraction of sp³-hybridized carbons (Fsp3) is 0.379. The van der Waals surface area contributed by atoms with Crippen molar-refractivity contribution in [2.75, 3.05) is 40.2 Å². The Balaban J connectivity index is 1.64. The van der Waals surface area contributed by atoms with Crippen LogP contribution in [0, 0.1) is 0 Å². The van der Waals surface area contributed by atoms with E-state index in [9.17, 15) is 4.79 Å². The SMILES string of the molecule is COC(=O)CCC1=CC=C(c2nc(-c3ccc(N(C)C)cc3)c(C3C=CC(N(C)C)=CC3)[nH]2)CC1. The second kappa shape index (κ2) is 10.8. The lowest BCUT2D eigenvalue weighted by Crippen LogP contribution is -2.12. The molecule has 2 aromatic rings. The third-order valence-corrected chi connectivity index (χ3v) is 6.77. The highest BCUT2D eigenvalue weighted by molar-refractivity contribution is 5.72. The molecule has 1 atom stereocenters. The van der Waals surface area contributed by atoms with Crippen molar-refractivity contribution in [3.63, 3.8) is 0 Å². The summed E-state index contributed by atoms with van der Waals surface area (Å²) in [5.41, 5.74) is 8.18. The summed E-state index contributed by atoms with van der Waals surface area (Å²) in [5, 5.41) is 0. The largest absolute Gasteiger partial charge is 0.469 e. The first-order valence-corrected chi connectivity index (χ1v) is 12.2. The average Bonchev–Trinajstić information content (AvgIpc) is 3.33. The summed E-state index contributed by atoms with van der Waals surface area (Å²) >= 11 is 0. The van der Waals surface area contributed by atoms with E-state index >= 15 is 0 Å².